The van der Waals surface area contributed by atoms with E-state index in [2.05, 4.69) is 31.1 Å². The summed E-state index contributed by atoms with van der Waals surface area (Å²) in [6.45, 7) is 1.95. The Morgan fingerprint density at radius 1 is 1.47 bits per heavy atom. The number of hydrogen-bond acceptors (Lipinski definition) is 3. The fourth-order valence-electron chi connectivity index (χ4n) is 1.39. The fraction of sp³-hybridized carbons (Fsp3) is 0.111. The summed E-state index contributed by atoms with van der Waals surface area (Å²) in [6.07, 6.45) is 0. The Labute approximate surface area is 100.0 Å². The van der Waals surface area contributed by atoms with Gasteiger partial charge in [-0.2, -0.15) is 4.98 Å². The van der Waals surface area contributed by atoms with Crippen molar-refractivity contribution in [3.8, 4) is 11.4 Å². The Morgan fingerprint density at radius 3 is 2.73 bits per heavy atom. The highest BCUT2D eigenvalue weighted by atomic mass is 79.9. The third-order valence-corrected chi connectivity index (χ3v) is 2.75. The summed E-state index contributed by atoms with van der Waals surface area (Å²) in [5, 5.41) is 7.12. The largest absolute Gasteiger partial charge is 0.366 e. The first kappa shape index (κ1) is 10.4. The monoisotopic (exact) mass is 286 g/mol. The van der Waals surface area contributed by atoms with Gasteiger partial charge in [-0.05, 0) is 24.6 Å². The van der Waals surface area contributed by atoms with Crippen LogP contribution >= 0.6 is 27.5 Å². The van der Waals surface area contributed by atoms with Gasteiger partial charge in [0.1, 0.15) is 0 Å². The van der Waals surface area contributed by atoms with Crippen molar-refractivity contribution in [2.45, 2.75) is 6.92 Å². The number of nitrogens with two attached hydrogens (primary N) is 1. The molecule has 3 N–H and O–H groups in total. The topological polar surface area (TPSA) is 67.6 Å². The molecule has 0 saturated heterocycles. The molecule has 0 bridgehead atoms. The average Bonchev–Trinajstić information content (AvgIpc) is 2.49. The molecular formula is C9H8BrClN4. The van der Waals surface area contributed by atoms with Gasteiger partial charge in [0.15, 0.2) is 5.82 Å². The predicted molar refractivity (Wildman–Crippen MR) is 63.7 cm³/mol. The van der Waals surface area contributed by atoms with Crippen LogP contribution in [0.25, 0.3) is 11.4 Å². The lowest BCUT2D eigenvalue weighted by atomic mass is 10.1. The molecule has 1 aromatic carbocycles. The van der Waals surface area contributed by atoms with Crippen LogP contribution in [0.2, 0.25) is 5.02 Å². The summed E-state index contributed by atoms with van der Waals surface area (Å²) < 4.78 is 0.932. The second-order valence-corrected chi connectivity index (χ2v) is 4.44. The number of nitrogens with one attached hydrogen (secondary N) is 1. The first-order valence-electron chi connectivity index (χ1n) is 4.22. The van der Waals surface area contributed by atoms with Gasteiger partial charge in [0, 0.05) is 10.0 Å². The van der Waals surface area contributed by atoms with Crippen molar-refractivity contribution in [3.05, 3.63) is 27.2 Å². The Kier molecular flexibility index (Phi) is 2.67. The van der Waals surface area contributed by atoms with Gasteiger partial charge in [0.25, 0.3) is 0 Å². The summed E-state index contributed by atoms with van der Waals surface area (Å²) in [6, 6.07) is 3.77. The van der Waals surface area contributed by atoms with Gasteiger partial charge in [-0.25, -0.2) is 0 Å². The first-order chi connectivity index (χ1) is 7.08. The van der Waals surface area contributed by atoms with E-state index in [1.54, 1.807) is 0 Å². The molecule has 15 heavy (non-hydrogen) atoms. The number of aromatic amines is 1. The summed E-state index contributed by atoms with van der Waals surface area (Å²) in [4.78, 5) is 4.04. The lowest BCUT2D eigenvalue weighted by Crippen LogP contribution is -1.89. The molecule has 6 heteroatoms. The Balaban J connectivity index is 2.62. The molecule has 0 saturated carbocycles. The molecule has 1 heterocycles. The number of rotatable bonds is 1. The SMILES string of the molecule is Cc1cc(Br)cc(Cl)c1-c1nc(N)n[nH]1. The molecule has 1 aromatic heterocycles. The summed E-state index contributed by atoms with van der Waals surface area (Å²) >= 11 is 9.49. The maximum atomic E-state index is 6.12. The lowest BCUT2D eigenvalue weighted by molar-refractivity contribution is 1.10. The summed E-state index contributed by atoms with van der Waals surface area (Å²) in [7, 11) is 0. The number of H-pyrrole nitrogens is 1. The third-order valence-electron chi connectivity index (χ3n) is 1.99. The van der Waals surface area contributed by atoms with E-state index in [0.717, 1.165) is 15.6 Å². The molecule has 2 aromatic rings. The first-order valence-corrected chi connectivity index (χ1v) is 5.39. The maximum absolute atomic E-state index is 6.12. The van der Waals surface area contributed by atoms with E-state index in [9.17, 15) is 0 Å². The highest BCUT2D eigenvalue weighted by molar-refractivity contribution is 9.10. The zero-order valence-corrected chi connectivity index (χ0v) is 10.2. The third kappa shape index (κ3) is 1.98. The van der Waals surface area contributed by atoms with E-state index in [1.807, 2.05) is 19.1 Å². The van der Waals surface area contributed by atoms with Gasteiger partial charge >= 0.3 is 0 Å². The fourth-order valence-corrected chi connectivity index (χ4v) is 2.45. The molecule has 0 atom stereocenters. The molecule has 0 aliphatic heterocycles. The minimum Gasteiger partial charge on any atom is -0.366 e. The van der Waals surface area contributed by atoms with Gasteiger partial charge in [-0.1, -0.05) is 27.5 Å². The minimum atomic E-state index is 0.211. The van der Waals surface area contributed by atoms with Crippen LogP contribution in [0.5, 0.6) is 0 Å². The molecule has 2 rings (SSSR count). The highest BCUT2D eigenvalue weighted by Crippen LogP contribution is 2.31. The molecule has 0 spiro atoms. The van der Waals surface area contributed by atoms with E-state index in [0.29, 0.717) is 10.8 Å². The van der Waals surface area contributed by atoms with Crippen LogP contribution in [0.15, 0.2) is 16.6 Å². The van der Waals surface area contributed by atoms with Crippen LogP contribution in [-0.2, 0) is 0 Å². The molecule has 0 fully saturated rings. The van der Waals surface area contributed by atoms with Crippen LogP contribution in [-0.4, -0.2) is 15.2 Å². The van der Waals surface area contributed by atoms with Gasteiger partial charge in [0.05, 0.1) is 5.02 Å². The van der Waals surface area contributed by atoms with Crippen molar-refractivity contribution in [2.24, 2.45) is 0 Å². The van der Waals surface area contributed by atoms with Crippen molar-refractivity contribution in [1.29, 1.82) is 0 Å². The number of halogens is 2. The van der Waals surface area contributed by atoms with Crippen LogP contribution < -0.4 is 5.73 Å². The lowest BCUT2D eigenvalue weighted by Gasteiger charge is -2.05. The molecule has 0 unspecified atom stereocenters. The van der Waals surface area contributed by atoms with Crippen LogP contribution in [0, 0.1) is 6.92 Å². The zero-order chi connectivity index (χ0) is 11.0. The molecule has 0 aliphatic rings. The van der Waals surface area contributed by atoms with Crippen molar-refractivity contribution >= 4 is 33.5 Å². The standard InChI is InChI=1S/C9H8BrClN4/c1-4-2-5(10)3-6(11)7(4)8-13-9(12)15-14-8/h2-3H,1H3,(H3,12,13,14,15). The van der Waals surface area contributed by atoms with Gasteiger partial charge in [0.2, 0.25) is 5.95 Å². The van der Waals surface area contributed by atoms with Crippen LogP contribution in [0.3, 0.4) is 0 Å². The molecule has 4 nitrogen and oxygen atoms in total. The van der Waals surface area contributed by atoms with Crippen molar-refractivity contribution < 1.29 is 0 Å². The number of aryl methyl sites for hydroxylation is 1. The second kappa shape index (κ2) is 3.83. The van der Waals surface area contributed by atoms with Gasteiger partial charge < -0.3 is 5.73 Å². The maximum Gasteiger partial charge on any atom is 0.239 e. The normalized spacial score (nSPS) is 10.6. The van der Waals surface area contributed by atoms with E-state index in [4.69, 9.17) is 17.3 Å². The summed E-state index contributed by atoms with van der Waals surface area (Å²) in [5.41, 5.74) is 7.27. The number of benzene rings is 1. The predicted octanol–water partition coefficient (Wildman–Crippen LogP) is 2.78. The Bertz CT molecular complexity index is 486. The van der Waals surface area contributed by atoms with Crippen LogP contribution in [0.1, 0.15) is 5.56 Å². The number of nitrogen functional groups attached to an aromatic ring is 1. The number of anilines is 1. The molecular weight excluding hydrogens is 279 g/mol. The van der Waals surface area contributed by atoms with Gasteiger partial charge in [-0.15, -0.1) is 5.10 Å². The van der Waals surface area contributed by atoms with Crippen molar-refractivity contribution in [1.82, 2.24) is 15.2 Å². The highest BCUT2D eigenvalue weighted by Gasteiger charge is 2.11. The Hall–Kier alpha value is -1.07. The van der Waals surface area contributed by atoms with Crippen molar-refractivity contribution in [3.63, 3.8) is 0 Å². The molecule has 0 amide bonds. The number of hydrogen-bond donors (Lipinski definition) is 2. The van der Waals surface area contributed by atoms with E-state index >= 15 is 0 Å². The molecule has 0 radical (unpaired) electrons. The van der Waals surface area contributed by atoms with Gasteiger partial charge in [-0.3, -0.25) is 5.10 Å². The average molecular weight is 288 g/mol. The minimum absolute atomic E-state index is 0.211. The van der Waals surface area contributed by atoms with Crippen LogP contribution in [0.4, 0.5) is 5.95 Å². The van der Waals surface area contributed by atoms with E-state index < -0.39 is 0 Å². The second-order valence-electron chi connectivity index (χ2n) is 3.12. The quantitative estimate of drug-likeness (QED) is 0.847. The number of nitrogens with zero attached hydrogens (tertiary/aromatic N) is 2. The zero-order valence-electron chi connectivity index (χ0n) is 7.88. The number of aromatic nitrogens is 3. The van der Waals surface area contributed by atoms with E-state index in [1.165, 1.54) is 0 Å². The van der Waals surface area contributed by atoms with E-state index in [-0.39, 0.29) is 5.95 Å². The Morgan fingerprint density at radius 2 is 2.20 bits per heavy atom. The van der Waals surface area contributed by atoms with Crippen molar-refractivity contribution in [2.75, 3.05) is 5.73 Å². The molecule has 0 aliphatic carbocycles. The smallest absolute Gasteiger partial charge is 0.239 e. The molecule has 78 valence electrons. The summed E-state index contributed by atoms with van der Waals surface area (Å²) in [5.74, 6) is 0.797.